The number of rotatable bonds is 2. The highest BCUT2D eigenvalue weighted by atomic mass is 35.5. The molecule has 3 fully saturated rings. The van der Waals surface area contributed by atoms with Gasteiger partial charge in [0.1, 0.15) is 13.2 Å². The molecule has 142 valence electrons. The number of nitrogens with one attached hydrogen (secondary N) is 1. The Labute approximate surface area is 160 Å². The molecule has 4 atom stereocenters. The van der Waals surface area contributed by atoms with E-state index in [0.717, 1.165) is 68.8 Å². The van der Waals surface area contributed by atoms with Gasteiger partial charge in [-0.1, -0.05) is 6.07 Å². The fraction of sp³-hybridized carbons (Fsp3) is 0.650. The Hall–Kier alpha value is -1.46. The van der Waals surface area contributed by atoms with E-state index in [0.29, 0.717) is 25.0 Å². The highest BCUT2D eigenvalue weighted by Gasteiger charge is 2.46. The molecule has 2 saturated heterocycles. The summed E-state index contributed by atoms with van der Waals surface area (Å²) >= 11 is 0. The molecule has 6 heteroatoms. The van der Waals surface area contributed by atoms with E-state index in [2.05, 4.69) is 22.3 Å². The lowest BCUT2D eigenvalue weighted by Crippen LogP contribution is -2.34. The molecule has 3 heterocycles. The average Bonchev–Trinajstić information content (AvgIpc) is 3.38. The summed E-state index contributed by atoms with van der Waals surface area (Å²) in [6, 6.07) is 6.17. The van der Waals surface area contributed by atoms with E-state index in [1.165, 1.54) is 5.56 Å². The Morgan fingerprint density at radius 3 is 2.46 bits per heavy atom. The number of hydrogen-bond acceptors (Lipinski definition) is 4. The molecule has 5 rings (SSSR count). The second-order valence-corrected chi connectivity index (χ2v) is 7.93. The van der Waals surface area contributed by atoms with Crippen LogP contribution in [0.4, 0.5) is 0 Å². The van der Waals surface area contributed by atoms with Crippen molar-refractivity contribution in [3.63, 3.8) is 0 Å². The summed E-state index contributed by atoms with van der Waals surface area (Å²) in [5.41, 5.74) is 1.22. The molecule has 1 amide bonds. The van der Waals surface area contributed by atoms with Crippen LogP contribution in [0.2, 0.25) is 0 Å². The van der Waals surface area contributed by atoms with Crippen molar-refractivity contribution in [1.29, 1.82) is 0 Å². The molecular formula is C20H27ClN2O3. The second kappa shape index (κ2) is 7.28. The van der Waals surface area contributed by atoms with Crippen molar-refractivity contribution in [3.8, 4) is 11.5 Å². The third-order valence-electron chi connectivity index (χ3n) is 6.43. The van der Waals surface area contributed by atoms with Gasteiger partial charge in [-0.2, -0.15) is 0 Å². The first kappa shape index (κ1) is 17.9. The number of hydrogen-bond donors (Lipinski definition) is 1. The molecule has 0 bridgehead atoms. The second-order valence-electron chi connectivity index (χ2n) is 7.93. The minimum atomic E-state index is 0. The zero-order chi connectivity index (χ0) is 16.8. The number of amides is 1. The van der Waals surface area contributed by atoms with Gasteiger partial charge >= 0.3 is 0 Å². The van der Waals surface area contributed by atoms with E-state index < -0.39 is 0 Å². The quantitative estimate of drug-likeness (QED) is 0.858. The van der Waals surface area contributed by atoms with Crippen LogP contribution in [0.5, 0.6) is 11.5 Å². The zero-order valence-electron chi connectivity index (χ0n) is 15.0. The first-order chi connectivity index (χ1) is 12.3. The number of benzene rings is 1. The molecular weight excluding hydrogens is 352 g/mol. The van der Waals surface area contributed by atoms with E-state index in [9.17, 15) is 4.79 Å². The lowest BCUT2D eigenvalue weighted by molar-refractivity contribution is -0.132. The van der Waals surface area contributed by atoms with Gasteiger partial charge in [-0.25, -0.2) is 0 Å². The predicted octanol–water partition coefficient (Wildman–Crippen LogP) is 2.44. The molecule has 0 spiro atoms. The number of fused-ring (bicyclic) bond motifs is 2. The van der Waals surface area contributed by atoms with E-state index >= 15 is 0 Å². The molecule has 5 nitrogen and oxygen atoms in total. The minimum absolute atomic E-state index is 0. The fourth-order valence-corrected chi connectivity index (χ4v) is 4.80. The molecule has 0 aromatic heterocycles. The maximum atomic E-state index is 13.0. The Morgan fingerprint density at radius 1 is 1.04 bits per heavy atom. The van der Waals surface area contributed by atoms with Gasteiger partial charge < -0.3 is 19.7 Å². The van der Waals surface area contributed by atoms with Gasteiger partial charge in [0, 0.05) is 19.0 Å². The Morgan fingerprint density at radius 2 is 1.73 bits per heavy atom. The van der Waals surface area contributed by atoms with Crippen LogP contribution in [0.3, 0.4) is 0 Å². The summed E-state index contributed by atoms with van der Waals surface area (Å²) in [7, 11) is 0. The van der Waals surface area contributed by atoms with Crippen molar-refractivity contribution >= 4 is 18.3 Å². The molecule has 1 saturated carbocycles. The summed E-state index contributed by atoms with van der Waals surface area (Å²) in [6.07, 6.45) is 3.29. The fourth-order valence-electron chi connectivity index (χ4n) is 4.80. The van der Waals surface area contributed by atoms with Crippen LogP contribution in [0.15, 0.2) is 18.2 Å². The molecule has 0 radical (unpaired) electrons. The van der Waals surface area contributed by atoms with Gasteiger partial charge in [-0.05, 0) is 67.8 Å². The molecule has 4 aliphatic rings. The number of carbonyl (C=O) groups is 1. The lowest BCUT2D eigenvalue weighted by Gasteiger charge is -2.21. The molecule has 1 N–H and O–H groups in total. The topological polar surface area (TPSA) is 50.8 Å². The average molecular weight is 379 g/mol. The summed E-state index contributed by atoms with van der Waals surface area (Å²) < 4.78 is 11.3. The van der Waals surface area contributed by atoms with Gasteiger partial charge in [-0.15, -0.1) is 12.4 Å². The van der Waals surface area contributed by atoms with Crippen LogP contribution < -0.4 is 14.8 Å². The summed E-state index contributed by atoms with van der Waals surface area (Å²) in [4.78, 5) is 15.1. The number of halogens is 1. The number of carbonyl (C=O) groups excluding carboxylic acids is 1. The first-order valence-electron chi connectivity index (χ1n) is 9.68. The predicted molar refractivity (Wildman–Crippen MR) is 101 cm³/mol. The van der Waals surface area contributed by atoms with Crippen LogP contribution in [0.25, 0.3) is 0 Å². The van der Waals surface area contributed by atoms with E-state index in [1.807, 2.05) is 6.07 Å². The molecule has 26 heavy (non-hydrogen) atoms. The Kier molecular flexibility index (Phi) is 5.02. The smallest absolute Gasteiger partial charge is 0.226 e. The number of ether oxygens (including phenoxy) is 2. The number of likely N-dealkylation sites (tertiary alicyclic amines) is 1. The van der Waals surface area contributed by atoms with Crippen molar-refractivity contribution in [1.82, 2.24) is 10.2 Å². The highest BCUT2D eigenvalue weighted by molar-refractivity contribution is 5.85. The van der Waals surface area contributed by atoms with Crippen molar-refractivity contribution in [3.05, 3.63) is 23.8 Å². The first-order valence-corrected chi connectivity index (χ1v) is 9.68. The van der Waals surface area contributed by atoms with Gasteiger partial charge in [-0.3, -0.25) is 4.79 Å². The SMILES string of the molecule is Cl.O=C(C1CC1c1ccc2c(c1)OCCO2)N1CC[C@@H]2CNC[C@@H]2CC1. The monoisotopic (exact) mass is 378 g/mol. The Balaban J connectivity index is 0.00000168. The summed E-state index contributed by atoms with van der Waals surface area (Å²) in [6.45, 7) is 5.36. The molecule has 3 aliphatic heterocycles. The van der Waals surface area contributed by atoms with Crippen LogP contribution in [0, 0.1) is 17.8 Å². The molecule has 1 aromatic rings. The van der Waals surface area contributed by atoms with Crippen molar-refractivity contribution in [2.45, 2.75) is 25.2 Å². The van der Waals surface area contributed by atoms with Crippen LogP contribution >= 0.6 is 12.4 Å². The van der Waals surface area contributed by atoms with Crippen molar-refractivity contribution < 1.29 is 14.3 Å². The Bertz CT molecular complexity index is 669. The van der Waals surface area contributed by atoms with E-state index in [1.54, 1.807) is 0 Å². The maximum absolute atomic E-state index is 13.0. The van der Waals surface area contributed by atoms with Crippen molar-refractivity contribution in [2.75, 3.05) is 39.4 Å². The zero-order valence-corrected chi connectivity index (χ0v) is 15.8. The van der Waals surface area contributed by atoms with Gasteiger partial charge in [0.25, 0.3) is 0 Å². The standard InChI is InChI=1S/C20H26N2O3.ClH/c23-20(22-5-3-14-11-21-12-15(14)4-6-22)17-10-16(17)13-1-2-18-19(9-13)25-8-7-24-18;/h1-2,9,14-17,21H,3-8,10-12H2;1H/t14-,15+,16?,17?;. The van der Waals surface area contributed by atoms with Crippen LogP contribution in [-0.4, -0.2) is 50.2 Å². The number of nitrogens with zero attached hydrogens (tertiary/aromatic N) is 1. The lowest BCUT2D eigenvalue weighted by atomic mass is 9.92. The molecule has 1 aromatic carbocycles. The molecule has 2 unspecified atom stereocenters. The van der Waals surface area contributed by atoms with E-state index in [-0.39, 0.29) is 18.3 Å². The van der Waals surface area contributed by atoms with Crippen molar-refractivity contribution in [2.24, 2.45) is 17.8 Å². The van der Waals surface area contributed by atoms with Gasteiger partial charge in [0.2, 0.25) is 5.91 Å². The van der Waals surface area contributed by atoms with Crippen LogP contribution in [0.1, 0.15) is 30.7 Å². The van der Waals surface area contributed by atoms with Gasteiger partial charge in [0.05, 0.1) is 0 Å². The normalized spacial score (nSPS) is 32.2. The van der Waals surface area contributed by atoms with Crippen LogP contribution in [-0.2, 0) is 4.79 Å². The largest absolute Gasteiger partial charge is 0.486 e. The van der Waals surface area contributed by atoms with E-state index in [4.69, 9.17) is 9.47 Å². The third-order valence-corrected chi connectivity index (χ3v) is 6.43. The molecule has 1 aliphatic carbocycles. The van der Waals surface area contributed by atoms with Gasteiger partial charge in [0.15, 0.2) is 11.5 Å². The maximum Gasteiger partial charge on any atom is 0.226 e. The third kappa shape index (κ3) is 3.27. The minimum Gasteiger partial charge on any atom is -0.486 e. The summed E-state index contributed by atoms with van der Waals surface area (Å²) in [5.74, 6) is 4.08. The highest BCUT2D eigenvalue weighted by Crippen LogP contribution is 2.50. The summed E-state index contributed by atoms with van der Waals surface area (Å²) in [5, 5.41) is 3.50.